The summed E-state index contributed by atoms with van der Waals surface area (Å²) < 4.78 is 10.6. The Morgan fingerprint density at radius 3 is 2.70 bits per heavy atom. The van der Waals surface area contributed by atoms with Gasteiger partial charge in [-0.15, -0.1) is 0 Å². The van der Waals surface area contributed by atoms with Gasteiger partial charge in [-0.3, -0.25) is 4.79 Å². The van der Waals surface area contributed by atoms with Gasteiger partial charge in [-0.05, 0) is 31.5 Å². The summed E-state index contributed by atoms with van der Waals surface area (Å²) in [6.45, 7) is 2.54. The summed E-state index contributed by atoms with van der Waals surface area (Å²) in [7, 11) is 3.21. The third kappa shape index (κ3) is 2.88. The number of carboxylic acids is 1. The molecule has 5 nitrogen and oxygen atoms in total. The Morgan fingerprint density at radius 2 is 2.10 bits per heavy atom. The van der Waals surface area contributed by atoms with Crippen LogP contribution in [0.3, 0.4) is 0 Å². The first-order valence-corrected chi connectivity index (χ1v) is 6.75. The molecule has 1 heterocycles. The third-order valence-electron chi connectivity index (χ3n) is 3.93. The van der Waals surface area contributed by atoms with E-state index in [-0.39, 0.29) is 12.0 Å². The predicted octanol–water partition coefficient (Wildman–Crippen LogP) is 1.87. The fourth-order valence-electron chi connectivity index (χ4n) is 2.83. The van der Waals surface area contributed by atoms with E-state index in [0.717, 1.165) is 23.5 Å². The number of piperidine rings is 1. The van der Waals surface area contributed by atoms with Crippen LogP contribution in [0.15, 0.2) is 18.2 Å². The summed E-state index contributed by atoms with van der Waals surface area (Å²) in [6, 6.07) is 5.83. The van der Waals surface area contributed by atoms with E-state index in [4.69, 9.17) is 9.47 Å². The molecule has 0 radical (unpaired) electrons. The Hall–Kier alpha value is -1.75. The Labute approximate surface area is 118 Å². The zero-order valence-electron chi connectivity index (χ0n) is 12.1. The highest BCUT2D eigenvalue weighted by Crippen LogP contribution is 2.39. The monoisotopic (exact) mass is 279 g/mol. The van der Waals surface area contributed by atoms with E-state index >= 15 is 0 Å². The molecule has 1 aromatic carbocycles. The van der Waals surface area contributed by atoms with Crippen molar-refractivity contribution in [3.05, 3.63) is 23.8 Å². The standard InChI is InChI=1S/C15H21NO4/c1-9-6-11(13(8-16-9)15(17)18)12-7-10(19-2)4-5-14(12)20-3/h4-5,7,9,11,13,16H,6,8H2,1-3H3,(H,17,18). The Balaban J connectivity index is 2.41. The van der Waals surface area contributed by atoms with Crippen LogP contribution in [-0.2, 0) is 4.79 Å². The van der Waals surface area contributed by atoms with Gasteiger partial charge in [0.15, 0.2) is 0 Å². The van der Waals surface area contributed by atoms with Crippen molar-refractivity contribution in [2.75, 3.05) is 20.8 Å². The average Bonchev–Trinajstić information content (AvgIpc) is 2.46. The normalized spacial score (nSPS) is 26.1. The van der Waals surface area contributed by atoms with Crippen LogP contribution in [0.1, 0.15) is 24.8 Å². The molecule has 0 aliphatic carbocycles. The van der Waals surface area contributed by atoms with Gasteiger partial charge in [0.2, 0.25) is 0 Å². The van der Waals surface area contributed by atoms with E-state index < -0.39 is 11.9 Å². The molecule has 1 aliphatic heterocycles. The van der Waals surface area contributed by atoms with Crippen LogP contribution >= 0.6 is 0 Å². The smallest absolute Gasteiger partial charge is 0.308 e. The molecule has 2 N–H and O–H groups in total. The van der Waals surface area contributed by atoms with E-state index in [9.17, 15) is 9.90 Å². The SMILES string of the molecule is COc1ccc(OC)c(C2CC(C)NCC2C(=O)O)c1. The van der Waals surface area contributed by atoms with Crippen molar-refractivity contribution in [1.29, 1.82) is 0 Å². The van der Waals surface area contributed by atoms with Crippen LogP contribution in [-0.4, -0.2) is 37.9 Å². The highest BCUT2D eigenvalue weighted by molar-refractivity contribution is 5.72. The van der Waals surface area contributed by atoms with E-state index in [1.165, 1.54) is 0 Å². The van der Waals surface area contributed by atoms with Crippen molar-refractivity contribution in [2.45, 2.75) is 25.3 Å². The van der Waals surface area contributed by atoms with Gasteiger partial charge in [0.05, 0.1) is 20.1 Å². The van der Waals surface area contributed by atoms with Gasteiger partial charge in [-0.2, -0.15) is 0 Å². The fourth-order valence-corrected chi connectivity index (χ4v) is 2.83. The van der Waals surface area contributed by atoms with Gasteiger partial charge in [0, 0.05) is 24.1 Å². The van der Waals surface area contributed by atoms with Crippen LogP contribution < -0.4 is 14.8 Å². The Kier molecular flexibility index (Phi) is 4.49. The first kappa shape index (κ1) is 14.7. The van der Waals surface area contributed by atoms with Gasteiger partial charge in [-0.1, -0.05) is 0 Å². The van der Waals surface area contributed by atoms with Gasteiger partial charge in [0.25, 0.3) is 0 Å². The molecule has 0 saturated carbocycles. The Morgan fingerprint density at radius 1 is 1.35 bits per heavy atom. The van der Waals surface area contributed by atoms with Crippen molar-refractivity contribution < 1.29 is 19.4 Å². The van der Waals surface area contributed by atoms with Crippen LogP contribution in [0.5, 0.6) is 11.5 Å². The maximum absolute atomic E-state index is 11.5. The molecule has 3 atom stereocenters. The summed E-state index contributed by atoms with van der Waals surface area (Å²) in [5.74, 6) is 0.132. The number of hydrogen-bond donors (Lipinski definition) is 2. The molecular weight excluding hydrogens is 258 g/mol. The van der Waals surface area contributed by atoms with E-state index in [1.807, 2.05) is 18.2 Å². The lowest BCUT2D eigenvalue weighted by molar-refractivity contribution is -0.143. The molecule has 0 bridgehead atoms. The second kappa shape index (κ2) is 6.13. The lowest BCUT2D eigenvalue weighted by Gasteiger charge is -2.34. The van der Waals surface area contributed by atoms with E-state index in [0.29, 0.717) is 6.54 Å². The second-order valence-corrected chi connectivity index (χ2v) is 5.20. The largest absolute Gasteiger partial charge is 0.497 e. The van der Waals surface area contributed by atoms with Gasteiger partial charge < -0.3 is 19.9 Å². The lowest BCUT2D eigenvalue weighted by atomic mass is 9.78. The molecule has 1 aliphatic rings. The maximum atomic E-state index is 11.5. The van der Waals surface area contributed by atoms with Crippen molar-refractivity contribution in [3.63, 3.8) is 0 Å². The summed E-state index contributed by atoms with van der Waals surface area (Å²) in [6.07, 6.45) is 0.764. The molecule has 20 heavy (non-hydrogen) atoms. The van der Waals surface area contributed by atoms with Crippen molar-refractivity contribution >= 4 is 5.97 Å². The molecule has 0 spiro atoms. The third-order valence-corrected chi connectivity index (χ3v) is 3.93. The predicted molar refractivity (Wildman–Crippen MR) is 75.5 cm³/mol. The number of methoxy groups -OCH3 is 2. The average molecular weight is 279 g/mol. The molecule has 1 aromatic rings. The number of carboxylic acid groups (broad SMARTS) is 1. The molecule has 1 fully saturated rings. The van der Waals surface area contributed by atoms with Crippen LogP contribution in [0.25, 0.3) is 0 Å². The van der Waals surface area contributed by atoms with Gasteiger partial charge in [-0.25, -0.2) is 0 Å². The number of rotatable bonds is 4. The number of aliphatic carboxylic acids is 1. The summed E-state index contributed by atoms with van der Waals surface area (Å²) >= 11 is 0. The number of benzene rings is 1. The number of ether oxygens (including phenoxy) is 2. The quantitative estimate of drug-likeness (QED) is 0.880. The zero-order chi connectivity index (χ0) is 14.7. The van der Waals surface area contributed by atoms with E-state index in [1.54, 1.807) is 14.2 Å². The minimum absolute atomic E-state index is 0.0752. The number of hydrogen-bond acceptors (Lipinski definition) is 4. The molecule has 5 heteroatoms. The molecule has 110 valence electrons. The molecule has 1 saturated heterocycles. The minimum Gasteiger partial charge on any atom is -0.497 e. The molecule has 0 amide bonds. The van der Waals surface area contributed by atoms with Crippen molar-refractivity contribution in [1.82, 2.24) is 5.32 Å². The zero-order valence-corrected chi connectivity index (χ0v) is 12.1. The topological polar surface area (TPSA) is 67.8 Å². The van der Waals surface area contributed by atoms with Gasteiger partial charge >= 0.3 is 5.97 Å². The highest BCUT2D eigenvalue weighted by Gasteiger charge is 2.36. The van der Waals surface area contributed by atoms with Crippen LogP contribution in [0.4, 0.5) is 0 Å². The maximum Gasteiger partial charge on any atom is 0.308 e. The second-order valence-electron chi connectivity index (χ2n) is 5.20. The molecule has 2 rings (SSSR count). The summed E-state index contributed by atoms with van der Waals surface area (Å²) in [5, 5.41) is 12.7. The number of nitrogens with one attached hydrogen (secondary N) is 1. The lowest BCUT2D eigenvalue weighted by Crippen LogP contribution is -2.44. The van der Waals surface area contributed by atoms with Crippen LogP contribution in [0, 0.1) is 5.92 Å². The molecular formula is C15H21NO4. The first-order chi connectivity index (χ1) is 9.56. The Bertz CT molecular complexity index is 489. The highest BCUT2D eigenvalue weighted by atomic mass is 16.5. The van der Waals surface area contributed by atoms with Crippen molar-refractivity contribution in [2.24, 2.45) is 5.92 Å². The van der Waals surface area contributed by atoms with Gasteiger partial charge in [0.1, 0.15) is 11.5 Å². The van der Waals surface area contributed by atoms with Crippen LogP contribution in [0.2, 0.25) is 0 Å². The molecule has 0 aromatic heterocycles. The summed E-state index contributed by atoms with van der Waals surface area (Å²) in [5.41, 5.74) is 0.910. The minimum atomic E-state index is -0.778. The number of carbonyl (C=O) groups is 1. The molecule has 3 unspecified atom stereocenters. The summed E-state index contributed by atoms with van der Waals surface area (Å²) in [4.78, 5) is 11.5. The fraction of sp³-hybridized carbons (Fsp3) is 0.533. The van der Waals surface area contributed by atoms with E-state index in [2.05, 4.69) is 12.2 Å². The van der Waals surface area contributed by atoms with Crippen molar-refractivity contribution in [3.8, 4) is 11.5 Å². The first-order valence-electron chi connectivity index (χ1n) is 6.75.